The molecule has 1 radical (unpaired) electrons. The molecule has 0 aliphatic heterocycles. The summed E-state index contributed by atoms with van der Waals surface area (Å²) in [6, 6.07) is 0. The Morgan fingerprint density at radius 3 is 2.84 bits per heavy atom. The number of pyridine rings is 1. The molecule has 3 rings (SSSR count). The van der Waals surface area contributed by atoms with Crippen molar-refractivity contribution in [2.75, 3.05) is 0 Å². The van der Waals surface area contributed by atoms with E-state index >= 15 is 0 Å². The maximum absolute atomic E-state index is 4.36. The van der Waals surface area contributed by atoms with Crippen LogP contribution in [0.5, 0.6) is 0 Å². The van der Waals surface area contributed by atoms with E-state index in [4.69, 9.17) is 0 Å². The van der Waals surface area contributed by atoms with Crippen LogP contribution in [0, 0.1) is 6.20 Å². The second-order valence-electron chi connectivity index (χ2n) is 5.01. The first kappa shape index (κ1) is 14.2. The molecule has 0 aromatic carbocycles. The molecule has 19 heavy (non-hydrogen) atoms. The standard InChI is InChI=1S/C12H12N5S.Ir/c1-12(2,3)17-6-15-16-11(17)8-4-13-5-9-10(8)14-7-18-9;/h5-7H,1-3H3;/q-1;. The molecule has 0 spiro atoms. The zero-order valence-electron chi connectivity index (χ0n) is 10.7. The molecule has 7 heteroatoms. The molecule has 5 nitrogen and oxygen atoms in total. The van der Waals surface area contributed by atoms with E-state index in [1.54, 1.807) is 23.9 Å². The van der Waals surface area contributed by atoms with E-state index in [0.717, 1.165) is 21.6 Å². The Bertz CT molecular complexity index is 697. The van der Waals surface area contributed by atoms with Crippen molar-refractivity contribution in [1.29, 1.82) is 0 Å². The van der Waals surface area contributed by atoms with Crippen LogP contribution in [0.15, 0.2) is 18.0 Å². The van der Waals surface area contributed by atoms with Crippen molar-refractivity contribution < 1.29 is 20.1 Å². The second kappa shape index (κ2) is 5.07. The predicted molar refractivity (Wildman–Crippen MR) is 70.3 cm³/mol. The molecular formula is C12H12IrN5S-. The largest absolute Gasteiger partial charge is 0.358 e. The van der Waals surface area contributed by atoms with Crippen molar-refractivity contribution in [3.8, 4) is 11.4 Å². The molecule has 0 aliphatic rings. The van der Waals surface area contributed by atoms with Crippen molar-refractivity contribution >= 4 is 21.6 Å². The van der Waals surface area contributed by atoms with Crippen molar-refractivity contribution in [3.05, 3.63) is 24.2 Å². The van der Waals surface area contributed by atoms with Gasteiger partial charge in [-0.2, -0.15) is 5.10 Å². The maximum atomic E-state index is 4.36. The predicted octanol–water partition coefficient (Wildman–Crippen LogP) is 2.50. The summed E-state index contributed by atoms with van der Waals surface area (Å²) in [6.45, 7) is 6.32. The summed E-state index contributed by atoms with van der Waals surface area (Å²) in [7, 11) is 0. The zero-order valence-corrected chi connectivity index (χ0v) is 13.9. The minimum Gasteiger partial charge on any atom is -0.358 e. The van der Waals surface area contributed by atoms with Crippen LogP contribution >= 0.6 is 11.3 Å². The molecule has 0 saturated heterocycles. The monoisotopic (exact) mass is 451 g/mol. The van der Waals surface area contributed by atoms with E-state index in [9.17, 15) is 0 Å². The van der Waals surface area contributed by atoms with E-state index in [0.29, 0.717) is 0 Å². The molecule has 0 amide bonds. The fourth-order valence-corrected chi connectivity index (χ4v) is 2.45. The average molecular weight is 451 g/mol. The number of rotatable bonds is 1. The number of hydrogen-bond acceptors (Lipinski definition) is 5. The van der Waals surface area contributed by atoms with Gasteiger partial charge in [0.15, 0.2) is 0 Å². The van der Waals surface area contributed by atoms with Gasteiger partial charge in [-0.15, -0.1) is 16.4 Å². The maximum Gasteiger partial charge on any atom is 0.110 e. The summed E-state index contributed by atoms with van der Waals surface area (Å²) in [5, 5.41) is 8.19. The average Bonchev–Trinajstić information content (AvgIpc) is 2.96. The van der Waals surface area contributed by atoms with Gasteiger partial charge in [-0.1, -0.05) is 5.56 Å². The van der Waals surface area contributed by atoms with Gasteiger partial charge in [-0.3, -0.25) is 4.98 Å². The van der Waals surface area contributed by atoms with Gasteiger partial charge < -0.3 is 9.55 Å². The van der Waals surface area contributed by atoms with E-state index in [-0.39, 0.29) is 25.6 Å². The van der Waals surface area contributed by atoms with Gasteiger partial charge in [0.2, 0.25) is 0 Å². The molecule has 0 saturated carbocycles. The number of nitrogens with zero attached hydrogens (tertiary/aromatic N) is 5. The van der Waals surface area contributed by atoms with Gasteiger partial charge in [-0.25, -0.2) is 0 Å². The van der Waals surface area contributed by atoms with Gasteiger partial charge in [0.05, 0.1) is 11.3 Å². The van der Waals surface area contributed by atoms with E-state index in [1.165, 1.54) is 0 Å². The smallest absolute Gasteiger partial charge is 0.110 e. The Morgan fingerprint density at radius 1 is 1.32 bits per heavy atom. The van der Waals surface area contributed by atoms with Gasteiger partial charge in [0.25, 0.3) is 0 Å². The molecule has 3 aromatic heterocycles. The number of fused-ring (bicyclic) bond motifs is 1. The Labute approximate surface area is 128 Å². The van der Waals surface area contributed by atoms with Crippen LogP contribution < -0.4 is 0 Å². The van der Waals surface area contributed by atoms with Gasteiger partial charge in [0.1, 0.15) is 6.33 Å². The zero-order chi connectivity index (χ0) is 12.8. The summed E-state index contributed by atoms with van der Waals surface area (Å²) in [5.74, 6) is 0.756. The second-order valence-corrected chi connectivity index (χ2v) is 5.89. The minimum absolute atomic E-state index is 0. The first-order chi connectivity index (χ1) is 8.57. The minimum atomic E-state index is -0.0924. The van der Waals surface area contributed by atoms with Crippen LogP contribution in [0.4, 0.5) is 0 Å². The Balaban J connectivity index is 0.00000133. The number of hydrogen-bond donors (Lipinski definition) is 0. The Hall–Kier alpha value is -1.17. The van der Waals surface area contributed by atoms with E-state index in [1.807, 2.05) is 10.1 Å². The van der Waals surface area contributed by atoms with Gasteiger partial charge >= 0.3 is 0 Å². The molecule has 3 heterocycles. The van der Waals surface area contributed by atoms with Crippen molar-refractivity contribution in [1.82, 2.24) is 24.7 Å². The number of aromatic nitrogens is 5. The third kappa shape index (κ3) is 2.45. The van der Waals surface area contributed by atoms with Crippen molar-refractivity contribution in [2.24, 2.45) is 0 Å². The molecular weight excluding hydrogens is 438 g/mol. The van der Waals surface area contributed by atoms with Gasteiger partial charge in [-0.05, 0) is 37.9 Å². The number of thiazole rings is 1. The van der Waals surface area contributed by atoms with Crippen LogP contribution in [0.2, 0.25) is 0 Å². The first-order valence-corrected chi connectivity index (χ1v) is 6.46. The molecule has 0 atom stereocenters. The molecule has 0 unspecified atom stereocenters. The molecule has 101 valence electrons. The quantitative estimate of drug-likeness (QED) is 0.535. The van der Waals surface area contributed by atoms with Crippen LogP contribution in [-0.4, -0.2) is 24.7 Å². The fraction of sp³-hybridized carbons (Fsp3) is 0.333. The van der Waals surface area contributed by atoms with Crippen LogP contribution in [0.25, 0.3) is 21.6 Å². The van der Waals surface area contributed by atoms with Crippen LogP contribution in [0.3, 0.4) is 0 Å². The molecule has 0 bridgehead atoms. The topological polar surface area (TPSA) is 56.5 Å². The fourth-order valence-electron chi connectivity index (χ4n) is 1.80. The summed E-state index contributed by atoms with van der Waals surface area (Å²) < 4.78 is 3.05. The van der Waals surface area contributed by atoms with Crippen LogP contribution in [0.1, 0.15) is 20.8 Å². The summed E-state index contributed by atoms with van der Waals surface area (Å²) in [5.41, 5.74) is 3.40. The Morgan fingerprint density at radius 2 is 2.11 bits per heavy atom. The third-order valence-electron chi connectivity index (χ3n) is 2.68. The SMILES string of the molecule is CC(C)(C)n1cnnc1-c1[c-]ncc2scnc12.[Ir]. The van der Waals surface area contributed by atoms with Gasteiger partial charge in [0, 0.05) is 31.2 Å². The normalized spacial score (nSPS) is 11.5. The molecule has 3 aromatic rings. The van der Waals surface area contributed by atoms with Crippen molar-refractivity contribution in [3.63, 3.8) is 0 Å². The summed E-state index contributed by atoms with van der Waals surface area (Å²) in [6.07, 6.45) is 6.49. The summed E-state index contributed by atoms with van der Waals surface area (Å²) >= 11 is 1.56. The van der Waals surface area contributed by atoms with E-state index in [2.05, 4.69) is 47.1 Å². The van der Waals surface area contributed by atoms with E-state index < -0.39 is 0 Å². The van der Waals surface area contributed by atoms with Crippen LogP contribution in [-0.2, 0) is 25.6 Å². The molecule has 0 aliphatic carbocycles. The first-order valence-electron chi connectivity index (χ1n) is 5.58. The molecule has 0 N–H and O–H groups in total. The third-order valence-corrected chi connectivity index (χ3v) is 3.45. The van der Waals surface area contributed by atoms with Crippen molar-refractivity contribution in [2.45, 2.75) is 26.3 Å². The Kier molecular flexibility index (Phi) is 3.80. The summed E-state index contributed by atoms with van der Waals surface area (Å²) in [4.78, 5) is 8.49. The molecule has 0 fully saturated rings.